The van der Waals surface area contributed by atoms with Gasteiger partial charge in [0.15, 0.2) is 0 Å². The van der Waals surface area contributed by atoms with E-state index in [-0.39, 0.29) is 22.7 Å². The number of carbonyl (C=O) groups is 1. The maximum Gasteiger partial charge on any atom is 0.289 e. The van der Waals surface area contributed by atoms with Gasteiger partial charge in [-0.3, -0.25) is 14.9 Å². The van der Waals surface area contributed by atoms with Gasteiger partial charge in [-0.15, -0.1) is 0 Å². The molecule has 0 spiro atoms. The molecule has 112 valence electrons. The molecule has 0 aliphatic rings. The van der Waals surface area contributed by atoms with E-state index < -0.39 is 11.0 Å². The summed E-state index contributed by atoms with van der Waals surface area (Å²) in [6.07, 6.45) is 0. The zero-order valence-corrected chi connectivity index (χ0v) is 12.4. The molecule has 0 radical (unpaired) electrons. The van der Waals surface area contributed by atoms with Gasteiger partial charge in [0.25, 0.3) is 5.69 Å². The highest BCUT2D eigenvalue weighted by Crippen LogP contribution is 2.23. The van der Waals surface area contributed by atoms with E-state index >= 15 is 0 Å². The Balaban J connectivity index is 2.89. The molecule has 0 aliphatic carbocycles. The maximum absolute atomic E-state index is 11.9. The van der Waals surface area contributed by atoms with Crippen molar-refractivity contribution >= 4 is 17.3 Å². The molecule has 0 heterocycles. The number of nitrogens with one attached hydrogen (secondary N) is 2. The Morgan fingerprint density at radius 3 is 2.52 bits per heavy atom. The molecular formula is C14H18N4O3. The standard InChI is InChI=1S/C14H18N4O3/c1-9(13(19)17-14(2,3)4)16-11-6-5-10(8-15)12(7-11)18(20)21/h5-7,9,16H,1-4H3,(H,17,19). The van der Waals surface area contributed by atoms with Gasteiger partial charge in [0, 0.05) is 17.3 Å². The van der Waals surface area contributed by atoms with Crippen molar-refractivity contribution in [3.05, 3.63) is 33.9 Å². The molecular weight excluding hydrogens is 272 g/mol. The molecule has 7 heteroatoms. The molecule has 7 nitrogen and oxygen atoms in total. The van der Waals surface area contributed by atoms with E-state index in [0.29, 0.717) is 5.69 Å². The first-order chi connectivity index (χ1) is 9.64. The summed E-state index contributed by atoms with van der Waals surface area (Å²) < 4.78 is 0. The third-order valence-electron chi connectivity index (χ3n) is 2.59. The lowest BCUT2D eigenvalue weighted by Crippen LogP contribution is -2.47. The van der Waals surface area contributed by atoms with Crippen LogP contribution in [0.25, 0.3) is 0 Å². The lowest BCUT2D eigenvalue weighted by molar-refractivity contribution is -0.385. The SMILES string of the molecule is CC(Nc1ccc(C#N)c([N+](=O)[O-])c1)C(=O)NC(C)(C)C. The lowest BCUT2D eigenvalue weighted by Gasteiger charge is -2.24. The van der Waals surface area contributed by atoms with Gasteiger partial charge in [-0.1, -0.05) is 0 Å². The topological polar surface area (TPSA) is 108 Å². The van der Waals surface area contributed by atoms with E-state index in [1.807, 2.05) is 20.8 Å². The third kappa shape index (κ3) is 4.76. The van der Waals surface area contributed by atoms with Crippen LogP contribution >= 0.6 is 0 Å². The van der Waals surface area contributed by atoms with Crippen LogP contribution in [0.4, 0.5) is 11.4 Å². The molecule has 1 amide bonds. The number of rotatable bonds is 4. The van der Waals surface area contributed by atoms with Crippen molar-refractivity contribution < 1.29 is 9.72 Å². The zero-order valence-electron chi connectivity index (χ0n) is 12.4. The summed E-state index contributed by atoms with van der Waals surface area (Å²) in [5.74, 6) is -0.213. The minimum Gasteiger partial charge on any atom is -0.374 e. The molecule has 0 aliphatic heterocycles. The lowest BCUT2D eigenvalue weighted by atomic mass is 10.1. The van der Waals surface area contributed by atoms with Crippen molar-refractivity contribution in [1.29, 1.82) is 5.26 Å². The van der Waals surface area contributed by atoms with E-state index in [0.717, 1.165) is 0 Å². The second-order valence-electron chi connectivity index (χ2n) is 5.71. The molecule has 0 fully saturated rings. The summed E-state index contributed by atoms with van der Waals surface area (Å²) in [6.45, 7) is 7.25. The molecule has 1 aromatic rings. The molecule has 1 unspecified atom stereocenters. The van der Waals surface area contributed by atoms with Crippen LogP contribution < -0.4 is 10.6 Å². The van der Waals surface area contributed by atoms with Gasteiger partial charge in [0.1, 0.15) is 17.7 Å². The number of nitro benzene ring substituents is 1. The van der Waals surface area contributed by atoms with Crippen molar-refractivity contribution in [2.24, 2.45) is 0 Å². The summed E-state index contributed by atoms with van der Waals surface area (Å²) in [6, 6.07) is 5.34. The minimum absolute atomic E-state index is 0.0163. The Morgan fingerprint density at radius 1 is 1.43 bits per heavy atom. The third-order valence-corrected chi connectivity index (χ3v) is 2.59. The molecule has 1 rings (SSSR count). The summed E-state index contributed by atoms with van der Waals surface area (Å²) in [4.78, 5) is 22.2. The van der Waals surface area contributed by atoms with Gasteiger partial charge in [-0.2, -0.15) is 5.26 Å². The number of nitrogens with zero attached hydrogens (tertiary/aromatic N) is 2. The predicted octanol–water partition coefficient (Wildman–Crippen LogP) is 2.18. The zero-order chi connectivity index (χ0) is 16.2. The second-order valence-corrected chi connectivity index (χ2v) is 5.71. The average molecular weight is 290 g/mol. The minimum atomic E-state index is -0.621. The molecule has 2 N–H and O–H groups in total. The van der Waals surface area contributed by atoms with Crippen molar-refractivity contribution in [3.63, 3.8) is 0 Å². The van der Waals surface area contributed by atoms with E-state index in [2.05, 4.69) is 10.6 Å². The first kappa shape index (κ1) is 16.4. The highest BCUT2D eigenvalue weighted by atomic mass is 16.6. The van der Waals surface area contributed by atoms with Crippen molar-refractivity contribution in [1.82, 2.24) is 5.32 Å². The summed E-state index contributed by atoms with van der Waals surface area (Å²) in [7, 11) is 0. The Kier molecular flexibility index (Phi) is 4.87. The molecule has 21 heavy (non-hydrogen) atoms. The second kappa shape index (κ2) is 6.22. The fraction of sp³-hybridized carbons (Fsp3) is 0.429. The highest BCUT2D eigenvalue weighted by Gasteiger charge is 2.20. The van der Waals surface area contributed by atoms with E-state index in [4.69, 9.17) is 5.26 Å². The van der Waals surface area contributed by atoms with Gasteiger partial charge in [-0.25, -0.2) is 0 Å². The molecule has 0 bridgehead atoms. The van der Waals surface area contributed by atoms with Gasteiger partial charge in [-0.05, 0) is 39.8 Å². The monoisotopic (exact) mass is 290 g/mol. The summed E-state index contributed by atoms with van der Waals surface area (Å²) in [5.41, 5.74) is -0.246. The fourth-order valence-corrected chi connectivity index (χ4v) is 1.66. The van der Waals surface area contributed by atoms with E-state index in [1.54, 1.807) is 13.0 Å². The summed E-state index contributed by atoms with van der Waals surface area (Å²) in [5, 5.41) is 25.4. The van der Waals surface area contributed by atoms with Gasteiger partial charge in [0.2, 0.25) is 5.91 Å². The van der Waals surface area contributed by atoms with Gasteiger partial charge < -0.3 is 10.6 Å². The van der Waals surface area contributed by atoms with Crippen LogP contribution in [0, 0.1) is 21.4 Å². The van der Waals surface area contributed by atoms with Crippen LogP contribution in [-0.4, -0.2) is 22.4 Å². The predicted molar refractivity (Wildman–Crippen MR) is 78.8 cm³/mol. The molecule has 1 atom stereocenters. The normalized spacial score (nSPS) is 12.1. The number of nitro groups is 1. The Bertz CT molecular complexity index is 599. The van der Waals surface area contributed by atoms with Crippen LogP contribution in [0.5, 0.6) is 0 Å². The van der Waals surface area contributed by atoms with Crippen LogP contribution in [0.1, 0.15) is 33.3 Å². The van der Waals surface area contributed by atoms with Crippen LogP contribution in [-0.2, 0) is 4.79 Å². The van der Waals surface area contributed by atoms with E-state index in [1.165, 1.54) is 18.2 Å². The average Bonchev–Trinajstić information content (AvgIpc) is 2.36. The Labute approximate surface area is 123 Å². The highest BCUT2D eigenvalue weighted by molar-refractivity contribution is 5.84. The largest absolute Gasteiger partial charge is 0.374 e. The quantitative estimate of drug-likeness (QED) is 0.652. The van der Waals surface area contributed by atoms with Crippen LogP contribution in [0.15, 0.2) is 18.2 Å². The molecule has 0 saturated carbocycles. The molecule has 0 aromatic heterocycles. The first-order valence-corrected chi connectivity index (χ1v) is 6.41. The number of anilines is 1. The summed E-state index contributed by atoms with van der Waals surface area (Å²) >= 11 is 0. The Morgan fingerprint density at radius 2 is 2.05 bits per heavy atom. The maximum atomic E-state index is 11.9. The number of hydrogen-bond donors (Lipinski definition) is 2. The van der Waals surface area contributed by atoms with Gasteiger partial charge >= 0.3 is 0 Å². The van der Waals surface area contributed by atoms with Crippen LogP contribution in [0.3, 0.4) is 0 Å². The van der Waals surface area contributed by atoms with Crippen molar-refractivity contribution in [2.45, 2.75) is 39.3 Å². The smallest absolute Gasteiger partial charge is 0.289 e. The number of carbonyl (C=O) groups excluding carboxylic acids is 1. The number of hydrogen-bond acceptors (Lipinski definition) is 5. The molecule has 1 aromatic carbocycles. The Hall–Kier alpha value is -2.62. The van der Waals surface area contributed by atoms with Gasteiger partial charge in [0.05, 0.1) is 4.92 Å². The van der Waals surface area contributed by atoms with Crippen molar-refractivity contribution in [2.75, 3.05) is 5.32 Å². The fourth-order valence-electron chi connectivity index (χ4n) is 1.66. The first-order valence-electron chi connectivity index (χ1n) is 6.41. The van der Waals surface area contributed by atoms with E-state index in [9.17, 15) is 14.9 Å². The molecule has 0 saturated heterocycles. The van der Waals surface area contributed by atoms with Crippen molar-refractivity contribution in [3.8, 4) is 6.07 Å². The number of amides is 1. The number of nitriles is 1. The van der Waals surface area contributed by atoms with Crippen LogP contribution in [0.2, 0.25) is 0 Å². The number of benzene rings is 1.